The molecule has 5 heteroatoms. The molecule has 2 N–H and O–H groups in total. The summed E-state index contributed by atoms with van der Waals surface area (Å²) in [7, 11) is 0. The molecule has 0 spiro atoms. The molecule has 4 nitrogen and oxygen atoms in total. The zero-order chi connectivity index (χ0) is 18.3. The summed E-state index contributed by atoms with van der Waals surface area (Å²) in [5, 5.41) is 7.07. The van der Waals surface area contributed by atoms with Gasteiger partial charge in [-0.3, -0.25) is 0 Å². The SMILES string of the molecule is CC12C=CC(CNc3ccc4c(c3)Nc3ccccc3S4)=CC1OCCO2. The van der Waals surface area contributed by atoms with Crippen LogP contribution < -0.4 is 10.6 Å². The molecule has 0 bridgehead atoms. The summed E-state index contributed by atoms with van der Waals surface area (Å²) >= 11 is 1.81. The van der Waals surface area contributed by atoms with Crippen LogP contribution in [0, 0.1) is 0 Å². The Morgan fingerprint density at radius 2 is 2.04 bits per heavy atom. The highest BCUT2D eigenvalue weighted by molar-refractivity contribution is 7.99. The van der Waals surface area contributed by atoms with Gasteiger partial charge in [-0.05, 0) is 55.0 Å². The van der Waals surface area contributed by atoms with E-state index in [1.54, 1.807) is 11.8 Å². The lowest BCUT2D eigenvalue weighted by Gasteiger charge is -2.39. The van der Waals surface area contributed by atoms with Gasteiger partial charge in [0.25, 0.3) is 0 Å². The van der Waals surface area contributed by atoms with E-state index in [9.17, 15) is 0 Å². The minimum Gasteiger partial charge on any atom is -0.381 e. The van der Waals surface area contributed by atoms with Gasteiger partial charge in [0.05, 0.1) is 24.6 Å². The van der Waals surface area contributed by atoms with Crippen LogP contribution in [-0.4, -0.2) is 31.5 Å². The topological polar surface area (TPSA) is 42.5 Å². The van der Waals surface area contributed by atoms with Crippen molar-refractivity contribution < 1.29 is 9.47 Å². The summed E-state index contributed by atoms with van der Waals surface area (Å²) in [6, 6.07) is 14.9. The summed E-state index contributed by atoms with van der Waals surface area (Å²) in [5.41, 5.74) is 4.30. The van der Waals surface area contributed by atoms with Crippen LogP contribution in [-0.2, 0) is 9.47 Å². The Morgan fingerprint density at radius 3 is 3.00 bits per heavy atom. The van der Waals surface area contributed by atoms with E-state index in [4.69, 9.17) is 9.47 Å². The molecule has 2 aliphatic heterocycles. The van der Waals surface area contributed by atoms with Gasteiger partial charge in [-0.25, -0.2) is 0 Å². The van der Waals surface area contributed by atoms with Crippen LogP contribution in [0.3, 0.4) is 0 Å². The molecule has 138 valence electrons. The van der Waals surface area contributed by atoms with Gasteiger partial charge in [0.1, 0.15) is 11.7 Å². The first-order valence-corrected chi connectivity index (χ1v) is 10.1. The van der Waals surface area contributed by atoms with E-state index in [1.165, 1.54) is 21.1 Å². The molecule has 2 aromatic rings. The van der Waals surface area contributed by atoms with Crippen molar-refractivity contribution in [3.8, 4) is 0 Å². The zero-order valence-corrected chi connectivity index (χ0v) is 16.0. The van der Waals surface area contributed by atoms with Crippen molar-refractivity contribution in [3.05, 3.63) is 66.3 Å². The van der Waals surface area contributed by atoms with E-state index in [0.717, 1.165) is 17.9 Å². The maximum Gasteiger partial charge on any atom is 0.113 e. The third-order valence-corrected chi connectivity index (χ3v) is 6.36. The Labute approximate surface area is 163 Å². The Kier molecular flexibility index (Phi) is 4.23. The molecule has 2 aromatic carbocycles. The van der Waals surface area contributed by atoms with E-state index < -0.39 is 0 Å². The van der Waals surface area contributed by atoms with Crippen molar-refractivity contribution in [1.29, 1.82) is 0 Å². The number of para-hydroxylation sites is 1. The first-order chi connectivity index (χ1) is 13.2. The third kappa shape index (κ3) is 3.27. The molecule has 1 fully saturated rings. The molecule has 2 atom stereocenters. The molecule has 1 aliphatic carbocycles. The first kappa shape index (κ1) is 16.9. The molecule has 2 unspecified atom stereocenters. The summed E-state index contributed by atoms with van der Waals surface area (Å²) in [6.45, 7) is 4.15. The number of benzene rings is 2. The van der Waals surface area contributed by atoms with E-state index in [0.29, 0.717) is 13.2 Å². The van der Waals surface area contributed by atoms with Gasteiger partial charge in [0.15, 0.2) is 0 Å². The van der Waals surface area contributed by atoms with Gasteiger partial charge < -0.3 is 20.1 Å². The number of nitrogens with one attached hydrogen (secondary N) is 2. The van der Waals surface area contributed by atoms with Gasteiger partial charge in [-0.2, -0.15) is 0 Å². The Morgan fingerprint density at radius 1 is 1.15 bits per heavy atom. The Bertz CT molecular complexity index is 940. The number of ether oxygens (including phenoxy) is 2. The highest BCUT2D eigenvalue weighted by atomic mass is 32.2. The average molecular weight is 378 g/mol. The average Bonchev–Trinajstić information content (AvgIpc) is 2.70. The number of anilines is 3. The van der Waals surface area contributed by atoms with Gasteiger partial charge in [0.2, 0.25) is 0 Å². The Hall–Kier alpha value is -2.21. The number of hydrogen-bond donors (Lipinski definition) is 2. The molecule has 0 radical (unpaired) electrons. The van der Waals surface area contributed by atoms with Crippen LogP contribution in [0.1, 0.15) is 6.92 Å². The summed E-state index contributed by atoms with van der Waals surface area (Å²) in [4.78, 5) is 2.51. The zero-order valence-electron chi connectivity index (χ0n) is 15.2. The summed E-state index contributed by atoms with van der Waals surface area (Å²) in [6.07, 6.45) is 6.43. The lowest BCUT2D eigenvalue weighted by molar-refractivity contribution is -0.155. The van der Waals surface area contributed by atoms with Crippen LogP contribution in [0.4, 0.5) is 17.1 Å². The molecule has 27 heavy (non-hydrogen) atoms. The van der Waals surface area contributed by atoms with E-state index in [2.05, 4.69) is 78.2 Å². The van der Waals surface area contributed by atoms with Crippen molar-refractivity contribution >= 4 is 28.8 Å². The van der Waals surface area contributed by atoms with Crippen molar-refractivity contribution in [2.75, 3.05) is 30.4 Å². The van der Waals surface area contributed by atoms with Crippen molar-refractivity contribution in [3.63, 3.8) is 0 Å². The third-order valence-electron chi connectivity index (χ3n) is 5.21. The summed E-state index contributed by atoms with van der Waals surface area (Å²) in [5.74, 6) is 0. The minimum absolute atomic E-state index is 0.00819. The second-order valence-corrected chi connectivity index (χ2v) is 8.27. The van der Waals surface area contributed by atoms with E-state index in [-0.39, 0.29) is 11.7 Å². The number of rotatable bonds is 3. The highest BCUT2D eigenvalue weighted by Crippen LogP contribution is 2.44. The molecule has 1 saturated heterocycles. The molecule has 0 saturated carbocycles. The monoisotopic (exact) mass is 378 g/mol. The number of fused-ring (bicyclic) bond motifs is 3. The van der Waals surface area contributed by atoms with Crippen LogP contribution in [0.5, 0.6) is 0 Å². The van der Waals surface area contributed by atoms with Gasteiger partial charge in [-0.15, -0.1) is 0 Å². The van der Waals surface area contributed by atoms with Crippen molar-refractivity contribution in [2.24, 2.45) is 0 Å². The molecule has 0 amide bonds. The number of hydrogen-bond acceptors (Lipinski definition) is 5. The Balaban J connectivity index is 1.28. The predicted molar refractivity (Wildman–Crippen MR) is 110 cm³/mol. The van der Waals surface area contributed by atoms with Gasteiger partial charge >= 0.3 is 0 Å². The van der Waals surface area contributed by atoms with Crippen molar-refractivity contribution in [1.82, 2.24) is 0 Å². The van der Waals surface area contributed by atoms with Gasteiger partial charge in [-0.1, -0.05) is 30.0 Å². The van der Waals surface area contributed by atoms with Crippen molar-refractivity contribution in [2.45, 2.75) is 28.4 Å². The highest BCUT2D eigenvalue weighted by Gasteiger charge is 2.37. The lowest BCUT2D eigenvalue weighted by Crippen LogP contribution is -2.47. The molecule has 2 heterocycles. The fourth-order valence-electron chi connectivity index (χ4n) is 3.63. The van der Waals surface area contributed by atoms with Crippen LogP contribution >= 0.6 is 11.8 Å². The van der Waals surface area contributed by atoms with Gasteiger partial charge in [0, 0.05) is 22.0 Å². The second-order valence-electron chi connectivity index (χ2n) is 7.19. The maximum atomic E-state index is 5.88. The molecular formula is C22H22N2O2S. The van der Waals surface area contributed by atoms with Crippen LogP contribution in [0.2, 0.25) is 0 Å². The van der Waals surface area contributed by atoms with Crippen LogP contribution in [0.15, 0.2) is 76.1 Å². The second kappa shape index (κ2) is 6.75. The smallest absolute Gasteiger partial charge is 0.113 e. The normalized spacial score (nSPS) is 25.5. The van der Waals surface area contributed by atoms with Crippen LogP contribution in [0.25, 0.3) is 0 Å². The molecule has 5 rings (SSSR count). The largest absolute Gasteiger partial charge is 0.381 e. The lowest BCUT2D eigenvalue weighted by atomic mass is 9.90. The van der Waals surface area contributed by atoms with E-state index >= 15 is 0 Å². The summed E-state index contributed by atoms with van der Waals surface area (Å²) < 4.78 is 11.8. The first-order valence-electron chi connectivity index (χ1n) is 9.27. The molecule has 3 aliphatic rings. The molecule has 0 aromatic heterocycles. The molecular weight excluding hydrogens is 356 g/mol. The minimum atomic E-state index is -0.331. The maximum absolute atomic E-state index is 5.88. The quantitative estimate of drug-likeness (QED) is 0.673. The van der Waals surface area contributed by atoms with E-state index in [1.807, 2.05) is 0 Å². The standard InChI is InChI=1S/C22H22N2O2S/c1-22-9-8-15(12-21(22)25-10-11-26-22)14-23-16-6-7-20-18(13-16)24-17-4-2-3-5-19(17)27-20/h2-9,12-13,21,23-24H,10-11,14H2,1H3. The predicted octanol–water partition coefficient (Wildman–Crippen LogP) is 4.98. The fourth-order valence-corrected chi connectivity index (χ4v) is 4.60. The fraction of sp³-hybridized carbons (Fsp3) is 0.273.